The molecule has 0 radical (unpaired) electrons. The fourth-order valence-electron chi connectivity index (χ4n) is 2.18. The molecule has 0 unspecified atom stereocenters. The highest BCUT2D eigenvalue weighted by Gasteiger charge is 2.23. The van der Waals surface area contributed by atoms with Gasteiger partial charge >= 0.3 is 5.69 Å². The van der Waals surface area contributed by atoms with Crippen LogP contribution in [0.4, 0.5) is 5.69 Å². The second kappa shape index (κ2) is 5.37. The molecule has 2 rings (SSSR count). The lowest BCUT2D eigenvalue weighted by molar-refractivity contribution is -0.386. The smallest absolute Gasteiger partial charge is 0.312 e. The number of nitrogen functional groups attached to an aromatic ring is 1. The van der Waals surface area contributed by atoms with E-state index in [9.17, 15) is 14.9 Å². The number of carbonyl (C=O) groups is 1. The number of hydrazine groups is 1. The molecule has 0 saturated carbocycles. The minimum Gasteiger partial charge on any atom is -0.464 e. The SMILES string of the molecule is Cc1nn(Cc2cc(C(=O)NN)c(C)o2)c(C)c1[N+](=O)[O-]. The van der Waals surface area contributed by atoms with Gasteiger partial charge in [0.25, 0.3) is 5.91 Å². The molecule has 0 bridgehead atoms. The molecule has 0 spiro atoms. The molecule has 0 aliphatic carbocycles. The molecule has 0 atom stereocenters. The van der Waals surface area contributed by atoms with E-state index in [0.29, 0.717) is 28.5 Å². The van der Waals surface area contributed by atoms with E-state index in [1.165, 1.54) is 4.68 Å². The average molecular weight is 293 g/mol. The number of nitrogens with zero attached hydrogens (tertiary/aromatic N) is 3. The van der Waals surface area contributed by atoms with E-state index in [4.69, 9.17) is 10.3 Å². The van der Waals surface area contributed by atoms with Crippen molar-refractivity contribution in [1.29, 1.82) is 0 Å². The molecular weight excluding hydrogens is 278 g/mol. The summed E-state index contributed by atoms with van der Waals surface area (Å²) in [5, 5.41) is 15.1. The van der Waals surface area contributed by atoms with Crippen LogP contribution < -0.4 is 11.3 Å². The zero-order valence-electron chi connectivity index (χ0n) is 11.8. The number of carbonyl (C=O) groups excluding carboxylic acids is 1. The fourth-order valence-corrected chi connectivity index (χ4v) is 2.18. The van der Waals surface area contributed by atoms with Crippen molar-refractivity contribution < 1.29 is 14.1 Å². The molecular formula is C12H15N5O4. The number of furan rings is 1. The summed E-state index contributed by atoms with van der Waals surface area (Å²) in [6.45, 7) is 5.01. The van der Waals surface area contributed by atoms with Gasteiger partial charge in [0.1, 0.15) is 22.9 Å². The largest absolute Gasteiger partial charge is 0.464 e. The topological polar surface area (TPSA) is 129 Å². The van der Waals surface area contributed by atoms with Gasteiger partial charge in [-0.2, -0.15) is 5.10 Å². The monoisotopic (exact) mass is 293 g/mol. The van der Waals surface area contributed by atoms with E-state index >= 15 is 0 Å². The van der Waals surface area contributed by atoms with Crippen LogP contribution in [0.2, 0.25) is 0 Å². The molecule has 0 aliphatic heterocycles. The van der Waals surface area contributed by atoms with E-state index in [-0.39, 0.29) is 12.2 Å². The van der Waals surface area contributed by atoms with Gasteiger partial charge in [-0.3, -0.25) is 25.0 Å². The van der Waals surface area contributed by atoms with Crippen LogP contribution in [0.15, 0.2) is 10.5 Å². The van der Waals surface area contributed by atoms with Crippen molar-refractivity contribution in [2.24, 2.45) is 5.84 Å². The van der Waals surface area contributed by atoms with E-state index < -0.39 is 10.8 Å². The van der Waals surface area contributed by atoms with Gasteiger partial charge in [0.15, 0.2) is 0 Å². The fraction of sp³-hybridized carbons (Fsp3) is 0.333. The number of rotatable bonds is 4. The average Bonchev–Trinajstić information content (AvgIpc) is 2.90. The third-order valence-corrected chi connectivity index (χ3v) is 3.18. The Morgan fingerprint density at radius 1 is 1.52 bits per heavy atom. The zero-order valence-corrected chi connectivity index (χ0v) is 11.8. The molecule has 9 nitrogen and oxygen atoms in total. The number of hydrogen-bond donors (Lipinski definition) is 2. The van der Waals surface area contributed by atoms with E-state index in [1.807, 2.05) is 5.43 Å². The molecule has 3 N–H and O–H groups in total. The second-order valence-electron chi connectivity index (χ2n) is 4.59. The van der Waals surface area contributed by atoms with Gasteiger partial charge in [-0.1, -0.05) is 0 Å². The highest BCUT2D eigenvalue weighted by Crippen LogP contribution is 2.23. The van der Waals surface area contributed by atoms with Gasteiger partial charge in [-0.15, -0.1) is 0 Å². The summed E-state index contributed by atoms with van der Waals surface area (Å²) in [6.07, 6.45) is 0. The van der Waals surface area contributed by atoms with E-state index in [1.54, 1.807) is 26.8 Å². The molecule has 1 amide bonds. The number of aromatic nitrogens is 2. The summed E-state index contributed by atoms with van der Waals surface area (Å²) in [5.41, 5.74) is 3.10. The molecule has 9 heteroatoms. The first-order chi connectivity index (χ1) is 9.85. The summed E-state index contributed by atoms with van der Waals surface area (Å²) in [4.78, 5) is 22.0. The van der Waals surface area contributed by atoms with Gasteiger partial charge < -0.3 is 4.42 Å². The van der Waals surface area contributed by atoms with E-state index in [2.05, 4.69) is 5.10 Å². The number of nitro groups is 1. The summed E-state index contributed by atoms with van der Waals surface area (Å²) in [7, 11) is 0. The van der Waals surface area contributed by atoms with Crippen molar-refractivity contribution in [3.8, 4) is 0 Å². The molecule has 112 valence electrons. The van der Waals surface area contributed by atoms with Gasteiger partial charge in [-0.05, 0) is 26.8 Å². The number of hydrogen-bond acceptors (Lipinski definition) is 6. The maximum Gasteiger partial charge on any atom is 0.312 e. The van der Waals surface area contributed by atoms with Crippen LogP contribution in [-0.2, 0) is 6.54 Å². The second-order valence-corrected chi connectivity index (χ2v) is 4.59. The first kappa shape index (κ1) is 14.7. The lowest BCUT2D eigenvalue weighted by atomic mass is 10.2. The van der Waals surface area contributed by atoms with Gasteiger partial charge in [-0.25, -0.2) is 5.84 Å². The Bertz CT molecular complexity index is 716. The standard InChI is InChI=1S/C12H15N5O4/c1-6-11(17(19)20)7(2)16(15-6)5-9-4-10(8(3)21-9)12(18)14-13/h4H,5,13H2,1-3H3,(H,14,18). The summed E-state index contributed by atoms with van der Waals surface area (Å²) in [5.74, 6) is 5.51. The maximum atomic E-state index is 11.5. The van der Waals surface area contributed by atoms with Crippen LogP contribution in [0, 0.1) is 30.9 Å². The van der Waals surface area contributed by atoms with Crippen molar-refractivity contribution in [3.63, 3.8) is 0 Å². The molecule has 0 saturated heterocycles. The third-order valence-electron chi connectivity index (χ3n) is 3.18. The van der Waals surface area contributed by atoms with Crippen LogP contribution in [0.25, 0.3) is 0 Å². The number of nitrogens with two attached hydrogens (primary N) is 1. The Balaban J connectivity index is 2.33. The highest BCUT2D eigenvalue weighted by molar-refractivity contribution is 5.94. The van der Waals surface area contributed by atoms with E-state index in [0.717, 1.165) is 0 Å². The number of nitrogens with one attached hydrogen (secondary N) is 1. The van der Waals surface area contributed by atoms with Crippen LogP contribution in [0.5, 0.6) is 0 Å². The lowest BCUT2D eigenvalue weighted by Gasteiger charge is -2.00. The summed E-state index contributed by atoms with van der Waals surface area (Å²) >= 11 is 0. The molecule has 21 heavy (non-hydrogen) atoms. The van der Waals surface area contributed by atoms with Crippen LogP contribution >= 0.6 is 0 Å². The Morgan fingerprint density at radius 2 is 2.19 bits per heavy atom. The predicted molar refractivity (Wildman–Crippen MR) is 72.6 cm³/mol. The Hall–Kier alpha value is -2.68. The Labute approximate surface area is 119 Å². The van der Waals surface area contributed by atoms with Gasteiger partial charge in [0.05, 0.1) is 17.0 Å². The normalized spacial score (nSPS) is 10.7. The first-order valence-electron chi connectivity index (χ1n) is 6.13. The minimum absolute atomic E-state index is 0.0156. The molecule has 0 fully saturated rings. The van der Waals surface area contributed by atoms with Gasteiger partial charge in [0.2, 0.25) is 0 Å². The lowest BCUT2D eigenvalue weighted by Crippen LogP contribution is -2.30. The molecule has 2 aromatic heterocycles. The van der Waals surface area contributed by atoms with Crippen LogP contribution in [0.1, 0.15) is 33.3 Å². The maximum absolute atomic E-state index is 11.5. The van der Waals surface area contributed by atoms with Gasteiger partial charge in [0, 0.05) is 0 Å². The van der Waals surface area contributed by atoms with Crippen molar-refractivity contribution in [2.45, 2.75) is 27.3 Å². The van der Waals surface area contributed by atoms with Crippen LogP contribution in [0.3, 0.4) is 0 Å². The molecule has 0 aromatic carbocycles. The molecule has 0 aliphatic rings. The minimum atomic E-state index is -0.463. The van der Waals surface area contributed by atoms with Crippen molar-refractivity contribution in [3.05, 3.63) is 44.7 Å². The third kappa shape index (κ3) is 2.63. The van der Waals surface area contributed by atoms with Crippen LogP contribution in [-0.4, -0.2) is 20.6 Å². The quantitative estimate of drug-likeness (QED) is 0.374. The Kier molecular flexibility index (Phi) is 3.76. The van der Waals surface area contributed by atoms with Crippen molar-refractivity contribution in [1.82, 2.24) is 15.2 Å². The predicted octanol–water partition coefficient (Wildman–Crippen LogP) is 0.961. The highest BCUT2D eigenvalue weighted by atomic mass is 16.6. The van der Waals surface area contributed by atoms with Crippen molar-refractivity contribution >= 4 is 11.6 Å². The number of amides is 1. The van der Waals surface area contributed by atoms with Crippen molar-refractivity contribution in [2.75, 3.05) is 0 Å². The number of aryl methyl sites for hydroxylation is 2. The summed E-state index contributed by atoms with van der Waals surface area (Å²) < 4.78 is 6.93. The zero-order chi connectivity index (χ0) is 15.7. The first-order valence-corrected chi connectivity index (χ1v) is 6.13. The Morgan fingerprint density at radius 3 is 2.71 bits per heavy atom. The molecule has 2 aromatic rings. The molecule has 2 heterocycles. The summed E-state index contributed by atoms with van der Waals surface area (Å²) in [6, 6.07) is 1.54.